The number of hydrogen-bond donors (Lipinski definition) is 0. The van der Waals surface area contributed by atoms with Gasteiger partial charge in [-0.25, -0.2) is 4.98 Å². The number of hydrogen-bond acceptors (Lipinski definition) is 4. The molecule has 1 aromatic heterocycles. The van der Waals surface area contributed by atoms with Crippen molar-refractivity contribution in [2.45, 2.75) is 156 Å². The van der Waals surface area contributed by atoms with Gasteiger partial charge >= 0.3 is 0 Å². The van der Waals surface area contributed by atoms with E-state index in [9.17, 15) is 0 Å². The summed E-state index contributed by atoms with van der Waals surface area (Å²) in [5, 5.41) is 0. The van der Waals surface area contributed by atoms with Crippen molar-refractivity contribution in [1.82, 2.24) is 4.98 Å². The highest BCUT2D eigenvalue weighted by Crippen LogP contribution is 2.51. The predicted octanol–water partition coefficient (Wildman–Crippen LogP) is 15.1. The standard InChI is InChI=1S/C61H70BN3O/c1-56(2,3)38-19-17-37(18-20-38)55-63-48-36-50-47(35-53(48)66-55)62-46-31-40(58(7,8)9)23-28-49(46)64(42-24-21-39(22-25-42)57(4,5)6)51-32-41(59(10,11)12)33-52(54(51)62)65(50)43-26-27-44-45(34-43)61(15,16)30-29-60(44,13)14/h17-28,31-36H,29-30H2,1-16H3. The zero-order valence-electron chi connectivity index (χ0n) is 42.6. The van der Waals surface area contributed by atoms with Crippen LogP contribution in [0.25, 0.3) is 22.6 Å². The molecule has 3 heterocycles. The Hall–Kier alpha value is -5.55. The third kappa shape index (κ3) is 7.22. The van der Waals surface area contributed by atoms with Gasteiger partial charge in [-0.1, -0.05) is 153 Å². The fourth-order valence-corrected chi connectivity index (χ4v) is 10.9. The minimum Gasteiger partial charge on any atom is -0.436 e. The lowest BCUT2D eigenvalue weighted by Gasteiger charge is -2.46. The first kappa shape index (κ1) is 44.3. The van der Waals surface area contributed by atoms with Gasteiger partial charge in [-0.05, 0) is 162 Å². The van der Waals surface area contributed by atoms with Crippen molar-refractivity contribution in [3.05, 3.63) is 143 Å². The lowest BCUT2D eigenvalue weighted by Crippen LogP contribution is -2.61. The van der Waals surface area contributed by atoms with Gasteiger partial charge in [0.25, 0.3) is 6.71 Å². The highest BCUT2D eigenvalue weighted by Gasteiger charge is 2.46. The van der Waals surface area contributed by atoms with Crippen LogP contribution in [0.5, 0.6) is 0 Å². The summed E-state index contributed by atoms with van der Waals surface area (Å²) in [7, 11) is 0. The Morgan fingerprint density at radius 1 is 0.470 bits per heavy atom. The van der Waals surface area contributed by atoms with Gasteiger partial charge < -0.3 is 14.2 Å². The molecule has 1 aliphatic carbocycles. The fourth-order valence-electron chi connectivity index (χ4n) is 10.9. The minimum atomic E-state index is -0.125. The van der Waals surface area contributed by atoms with Gasteiger partial charge in [-0.3, -0.25) is 0 Å². The van der Waals surface area contributed by atoms with E-state index in [1.165, 1.54) is 84.6 Å². The molecular weight excluding hydrogens is 802 g/mol. The van der Waals surface area contributed by atoms with Gasteiger partial charge in [0.2, 0.25) is 5.89 Å². The van der Waals surface area contributed by atoms with Crippen molar-refractivity contribution < 1.29 is 4.42 Å². The molecule has 0 radical (unpaired) electrons. The maximum atomic E-state index is 6.86. The Balaban J connectivity index is 1.30. The summed E-state index contributed by atoms with van der Waals surface area (Å²) in [6.45, 7) is 37.4. The molecule has 6 aromatic carbocycles. The Morgan fingerprint density at radius 2 is 0.970 bits per heavy atom. The Morgan fingerprint density at radius 3 is 1.55 bits per heavy atom. The normalized spacial score (nSPS) is 16.5. The molecule has 0 atom stereocenters. The van der Waals surface area contributed by atoms with E-state index in [0.717, 1.165) is 28.8 Å². The SMILES string of the molecule is CC(C)(C)c1ccc(-c2nc3cc4c(cc3o2)B2c3cc(C(C)(C)C)ccc3N(c3ccc(C(C)(C)C)cc3)c3cc(C(C)(C)C)cc(c32)N4c2ccc3c(c2)C(C)(C)CCC3(C)C)cc1. The van der Waals surface area contributed by atoms with E-state index in [1.807, 2.05) is 0 Å². The van der Waals surface area contributed by atoms with Gasteiger partial charge in [0.1, 0.15) is 5.52 Å². The number of benzene rings is 6. The summed E-state index contributed by atoms with van der Waals surface area (Å²) < 4.78 is 6.86. The molecule has 10 rings (SSSR count). The van der Waals surface area contributed by atoms with Crippen molar-refractivity contribution in [3.63, 3.8) is 0 Å². The second-order valence-corrected chi connectivity index (χ2v) is 25.3. The monoisotopic (exact) mass is 872 g/mol. The summed E-state index contributed by atoms with van der Waals surface area (Å²) in [4.78, 5) is 10.4. The van der Waals surface area contributed by atoms with Crippen molar-refractivity contribution >= 4 is 68.3 Å². The third-order valence-corrected chi connectivity index (χ3v) is 15.4. The zero-order valence-corrected chi connectivity index (χ0v) is 42.6. The molecule has 0 spiro atoms. The predicted molar refractivity (Wildman–Crippen MR) is 284 cm³/mol. The second kappa shape index (κ2) is 14.5. The number of oxazole rings is 1. The molecule has 3 aliphatic rings. The molecule has 66 heavy (non-hydrogen) atoms. The zero-order chi connectivity index (χ0) is 47.3. The number of rotatable bonds is 3. The van der Waals surface area contributed by atoms with Gasteiger partial charge in [0.05, 0.1) is 0 Å². The molecular formula is C61H70BN3O. The van der Waals surface area contributed by atoms with Crippen LogP contribution >= 0.6 is 0 Å². The maximum Gasteiger partial charge on any atom is 0.252 e. The van der Waals surface area contributed by atoms with Crippen molar-refractivity contribution in [3.8, 4) is 11.5 Å². The molecule has 2 aliphatic heterocycles. The van der Waals surface area contributed by atoms with Gasteiger partial charge in [-0.15, -0.1) is 0 Å². The lowest BCUT2D eigenvalue weighted by atomic mass is 9.33. The van der Waals surface area contributed by atoms with Gasteiger partial charge in [-0.2, -0.15) is 0 Å². The van der Waals surface area contributed by atoms with E-state index in [2.05, 4.69) is 230 Å². The van der Waals surface area contributed by atoms with E-state index in [1.54, 1.807) is 0 Å². The Bertz CT molecular complexity index is 3070. The first-order valence-electron chi connectivity index (χ1n) is 24.4. The number of anilines is 6. The Labute approximate surface area is 395 Å². The molecule has 0 saturated heterocycles. The average Bonchev–Trinajstić information content (AvgIpc) is 3.66. The third-order valence-electron chi connectivity index (χ3n) is 15.4. The molecule has 0 saturated carbocycles. The quantitative estimate of drug-likeness (QED) is 0.166. The molecule has 0 fully saturated rings. The lowest BCUT2D eigenvalue weighted by molar-refractivity contribution is 0.332. The summed E-state index contributed by atoms with van der Waals surface area (Å²) in [5.74, 6) is 0.647. The molecule has 4 nitrogen and oxygen atoms in total. The van der Waals surface area contributed by atoms with Crippen LogP contribution in [0.2, 0.25) is 0 Å². The van der Waals surface area contributed by atoms with Crippen molar-refractivity contribution in [2.24, 2.45) is 0 Å². The van der Waals surface area contributed by atoms with Crippen LogP contribution in [0.15, 0.2) is 114 Å². The molecule has 0 bridgehead atoms. The molecule has 5 heteroatoms. The topological polar surface area (TPSA) is 32.5 Å². The van der Waals surface area contributed by atoms with Gasteiger partial charge in [0.15, 0.2) is 5.58 Å². The van der Waals surface area contributed by atoms with Crippen molar-refractivity contribution in [2.75, 3.05) is 9.80 Å². The number of nitrogens with zero attached hydrogens (tertiary/aromatic N) is 3. The molecule has 0 N–H and O–H groups in total. The molecule has 0 amide bonds. The summed E-state index contributed by atoms with van der Waals surface area (Å²) in [5.41, 5.74) is 21.9. The number of aromatic nitrogens is 1. The van der Waals surface area contributed by atoms with E-state index in [-0.39, 0.29) is 39.2 Å². The minimum absolute atomic E-state index is 0.0422. The van der Waals surface area contributed by atoms with E-state index in [4.69, 9.17) is 9.40 Å². The van der Waals surface area contributed by atoms with Crippen LogP contribution in [-0.4, -0.2) is 11.7 Å². The number of fused-ring (bicyclic) bond motifs is 6. The van der Waals surface area contributed by atoms with Crippen LogP contribution in [0.3, 0.4) is 0 Å². The highest BCUT2D eigenvalue weighted by atomic mass is 16.3. The van der Waals surface area contributed by atoms with Crippen molar-refractivity contribution in [1.29, 1.82) is 0 Å². The average molecular weight is 872 g/mol. The molecule has 338 valence electrons. The summed E-state index contributed by atoms with van der Waals surface area (Å²) in [6.07, 6.45) is 2.33. The van der Waals surface area contributed by atoms with Crippen LogP contribution in [0.1, 0.15) is 157 Å². The maximum absolute atomic E-state index is 6.86. The highest BCUT2D eigenvalue weighted by molar-refractivity contribution is 7.00. The first-order valence-corrected chi connectivity index (χ1v) is 24.4. The fraction of sp³-hybridized carbons (Fsp3) is 0.393. The van der Waals surface area contributed by atoms with Crippen LogP contribution in [0, 0.1) is 0 Å². The molecule has 7 aromatic rings. The molecule has 0 unspecified atom stereocenters. The van der Waals surface area contributed by atoms with E-state index in [0.29, 0.717) is 5.89 Å². The van der Waals surface area contributed by atoms with E-state index >= 15 is 0 Å². The smallest absolute Gasteiger partial charge is 0.252 e. The van der Waals surface area contributed by atoms with Crippen LogP contribution in [0.4, 0.5) is 34.1 Å². The largest absolute Gasteiger partial charge is 0.436 e. The first-order chi connectivity index (χ1) is 30.7. The van der Waals surface area contributed by atoms with E-state index < -0.39 is 0 Å². The van der Waals surface area contributed by atoms with Gasteiger partial charge in [0, 0.05) is 39.7 Å². The second-order valence-electron chi connectivity index (χ2n) is 25.3. The summed E-state index contributed by atoms with van der Waals surface area (Å²) in [6, 6.07) is 42.4. The van der Waals surface area contributed by atoms with Crippen LogP contribution in [-0.2, 0) is 32.5 Å². The Kier molecular flexibility index (Phi) is 9.72. The summed E-state index contributed by atoms with van der Waals surface area (Å²) >= 11 is 0. The van der Waals surface area contributed by atoms with Crippen LogP contribution < -0.4 is 26.2 Å².